The third-order valence-electron chi connectivity index (χ3n) is 6.23. The lowest BCUT2D eigenvalue weighted by Gasteiger charge is -2.43. The van der Waals surface area contributed by atoms with Crippen LogP contribution in [0.15, 0.2) is 54.6 Å². The second-order valence-corrected chi connectivity index (χ2v) is 7.46. The Morgan fingerprint density at radius 1 is 0.783 bits per heavy atom. The highest BCUT2D eigenvalue weighted by atomic mass is 16.3. The van der Waals surface area contributed by atoms with E-state index >= 15 is 0 Å². The van der Waals surface area contributed by atoms with Crippen LogP contribution in [-0.2, 0) is 6.42 Å². The average Bonchev–Trinajstić information content (AvgIpc) is 2.73. The van der Waals surface area contributed by atoms with Crippen LogP contribution in [0.25, 0.3) is 0 Å². The van der Waals surface area contributed by atoms with E-state index in [0.29, 0.717) is 0 Å². The maximum atomic E-state index is 11.5. The summed E-state index contributed by atoms with van der Waals surface area (Å²) in [6.45, 7) is 0. The van der Waals surface area contributed by atoms with Gasteiger partial charge in [0.25, 0.3) is 0 Å². The first-order valence-corrected chi connectivity index (χ1v) is 9.11. The normalized spacial score (nSPS) is 26.5. The number of fused-ring (bicyclic) bond motifs is 1. The first-order valence-electron chi connectivity index (χ1n) is 9.11. The van der Waals surface area contributed by atoms with Crippen molar-refractivity contribution in [1.29, 1.82) is 0 Å². The van der Waals surface area contributed by atoms with Crippen LogP contribution >= 0.6 is 0 Å². The number of rotatable bonds is 1. The van der Waals surface area contributed by atoms with Gasteiger partial charge < -0.3 is 5.11 Å². The minimum atomic E-state index is -0.270. The first-order chi connectivity index (χ1) is 11.3. The van der Waals surface area contributed by atoms with Crippen LogP contribution in [-0.4, -0.2) is 11.2 Å². The van der Waals surface area contributed by atoms with Gasteiger partial charge in [0, 0.05) is 5.92 Å². The molecule has 0 amide bonds. The van der Waals surface area contributed by atoms with Crippen LogP contribution in [0.2, 0.25) is 0 Å². The summed E-state index contributed by atoms with van der Waals surface area (Å²) in [6.07, 6.45) is 8.22. The van der Waals surface area contributed by atoms with Crippen LogP contribution in [0.3, 0.4) is 0 Å². The maximum absolute atomic E-state index is 11.5. The largest absolute Gasteiger partial charge is 0.392 e. The molecule has 2 aromatic rings. The summed E-state index contributed by atoms with van der Waals surface area (Å²) in [4.78, 5) is 0. The highest BCUT2D eigenvalue weighted by molar-refractivity contribution is 5.41. The third kappa shape index (κ3) is 2.61. The lowest BCUT2D eigenvalue weighted by Crippen LogP contribution is -2.40. The van der Waals surface area contributed by atoms with Crippen LogP contribution in [0.1, 0.15) is 61.1 Å². The van der Waals surface area contributed by atoms with Crippen molar-refractivity contribution < 1.29 is 5.11 Å². The van der Waals surface area contributed by atoms with Gasteiger partial charge in [0.05, 0.1) is 6.10 Å². The summed E-state index contributed by atoms with van der Waals surface area (Å²) in [6, 6.07) is 19.4. The highest BCUT2D eigenvalue weighted by Gasteiger charge is 2.45. The van der Waals surface area contributed by atoms with E-state index in [1.54, 1.807) is 0 Å². The van der Waals surface area contributed by atoms with Crippen LogP contribution < -0.4 is 0 Å². The van der Waals surface area contributed by atoms with Gasteiger partial charge in [-0.2, -0.15) is 0 Å². The summed E-state index contributed by atoms with van der Waals surface area (Å²) in [5.74, 6) is 0.119. The van der Waals surface area contributed by atoms with Gasteiger partial charge in [0.1, 0.15) is 0 Å². The minimum absolute atomic E-state index is 0.109. The summed E-state index contributed by atoms with van der Waals surface area (Å²) < 4.78 is 0. The fourth-order valence-electron chi connectivity index (χ4n) is 4.94. The number of aryl methyl sites for hydroxylation is 1. The predicted molar refractivity (Wildman–Crippen MR) is 94.6 cm³/mol. The summed E-state index contributed by atoms with van der Waals surface area (Å²) >= 11 is 0. The van der Waals surface area contributed by atoms with Gasteiger partial charge in [0.2, 0.25) is 0 Å². The molecule has 0 aliphatic heterocycles. The standard InChI is InChI=1S/C22H26O/c23-21-20(18-10-3-1-4-11-18)19-12-6-5-9-17(19)13-16-22(21)14-7-2-8-15-22/h1,3-6,9-12,20-21,23H,2,7-8,13-16H2/t20-,21+/m1/s1. The third-order valence-corrected chi connectivity index (χ3v) is 6.23. The van der Waals surface area contributed by atoms with Gasteiger partial charge in [0.15, 0.2) is 0 Å². The van der Waals surface area contributed by atoms with Crippen molar-refractivity contribution in [2.24, 2.45) is 5.41 Å². The molecule has 1 nitrogen and oxygen atoms in total. The molecule has 2 aromatic carbocycles. The van der Waals surface area contributed by atoms with Crippen molar-refractivity contribution in [3.8, 4) is 0 Å². The maximum Gasteiger partial charge on any atom is 0.0705 e. The molecule has 120 valence electrons. The lowest BCUT2D eigenvalue weighted by molar-refractivity contribution is -0.0168. The lowest BCUT2D eigenvalue weighted by atomic mass is 9.64. The highest BCUT2D eigenvalue weighted by Crippen LogP contribution is 2.51. The fraction of sp³-hybridized carbons (Fsp3) is 0.455. The predicted octanol–water partition coefficient (Wildman–Crippen LogP) is 5.08. The second-order valence-electron chi connectivity index (χ2n) is 7.46. The van der Waals surface area contributed by atoms with Gasteiger partial charge in [-0.25, -0.2) is 0 Å². The summed E-state index contributed by atoms with van der Waals surface area (Å²) in [5, 5.41) is 11.5. The fourth-order valence-corrected chi connectivity index (χ4v) is 4.94. The van der Waals surface area contributed by atoms with Gasteiger partial charge in [-0.15, -0.1) is 0 Å². The Morgan fingerprint density at radius 3 is 2.26 bits per heavy atom. The zero-order chi connectivity index (χ0) is 15.7. The van der Waals surface area contributed by atoms with Crippen molar-refractivity contribution in [3.63, 3.8) is 0 Å². The minimum Gasteiger partial charge on any atom is -0.392 e. The Kier molecular flexibility index (Phi) is 3.98. The van der Waals surface area contributed by atoms with Crippen LogP contribution in [0, 0.1) is 5.41 Å². The Morgan fingerprint density at radius 2 is 1.48 bits per heavy atom. The molecule has 1 saturated carbocycles. The Labute approximate surface area is 139 Å². The van der Waals surface area contributed by atoms with Crippen LogP contribution in [0.4, 0.5) is 0 Å². The molecular formula is C22H26O. The molecule has 0 bridgehead atoms. The van der Waals surface area contributed by atoms with Gasteiger partial charge >= 0.3 is 0 Å². The van der Waals surface area contributed by atoms with E-state index in [-0.39, 0.29) is 17.4 Å². The quantitative estimate of drug-likeness (QED) is 0.779. The molecule has 1 N–H and O–H groups in total. The van der Waals surface area contributed by atoms with E-state index in [0.717, 1.165) is 12.8 Å². The molecule has 1 heteroatoms. The second kappa shape index (κ2) is 6.13. The van der Waals surface area contributed by atoms with Gasteiger partial charge in [-0.1, -0.05) is 73.9 Å². The van der Waals surface area contributed by atoms with Crippen molar-refractivity contribution in [3.05, 3.63) is 71.3 Å². The van der Waals surface area contributed by atoms with Crippen molar-refractivity contribution in [2.75, 3.05) is 0 Å². The average molecular weight is 306 g/mol. The van der Waals surface area contributed by atoms with E-state index in [1.165, 1.54) is 48.8 Å². The van der Waals surface area contributed by atoms with Crippen molar-refractivity contribution in [2.45, 2.75) is 57.0 Å². The molecule has 0 radical (unpaired) electrons. The summed E-state index contributed by atoms with van der Waals surface area (Å²) in [7, 11) is 0. The molecule has 0 saturated heterocycles. The molecule has 1 fully saturated rings. The molecule has 2 atom stereocenters. The van der Waals surface area contributed by atoms with E-state index in [9.17, 15) is 5.11 Å². The molecule has 23 heavy (non-hydrogen) atoms. The SMILES string of the molecule is O[C@H]1[C@H](c2ccccc2)c2ccccc2CCC12CCCCC2. The molecule has 4 rings (SSSR count). The van der Waals surface area contributed by atoms with E-state index in [1.807, 2.05) is 0 Å². The molecular weight excluding hydrogens is 280 g/mol. The first kappa shape index (κ1) is 15.0. The number of hydrogen-bond acceptors (Lipinski definition) is 1. The Hall–Kier alpha value is -1.60. The molecule has 0 unspecified atom stereocenters. The zero-order valence-electron chi connectivity index (χ0n) is 13.7. The van der Waals surface area contributed by atoms with Crippen molar-refractivity contribution >= 4 is 0 Å². The van der Waals surface area contributed by atoms with E-state index in [4.69, 9.17) is 0 Å². The molecule has 0 aromatic heterocycles. The molecule has 0 heterocycles. The molecule has 1 spiro atoms. The number of aliphatic hydroxyl groups excluding tert-OH is 1. The smallest absolute Gasteiger partial charge is 0.0705 e. The monoisotopic (exact) mass is 306 g/mol. The number of hydrogen-bond donors (Lipinski definition) is 1. The Balaban J connectivity index is 1.83. The topological polar surface area (TPSA) is 20.2 Å². The van der Waals surface area contributed by atoms with Gasteiger partial charge in [-0.05, 0) is 47.8 Å². The molecule has 2 aliphatic rings. The van der Waals surface area contributed by atoms with E-state index in [2.05, 4.69) is 54.6 Å². The number of aliphatic hydroxyl groups is 1. The van der Waals surface area contributed by atoms with Crippen molar-refractivity contribution in [1.82, 2.24) is 0 Å². The zero-order valence-corrected chi connectivity index (χ0v) is 13.7. The van der Waals surface area contributed by atoms with Gasteiger partial charge in [-0.3, -0.25) is 0 Å². The summed E-state index contributed by atoms with van der Waals surface area (Å²) in [5.41, 5.74) is 4.15. The van der Waals surface area contributed by atoms with Crippen LogP contribution in [0.5, 0.6) is 0 Å². The van der Waals surface area contributed by atoms with E-state index < -0.39 is 0 Å². The number of benzene rings is 2. The Bertz CT molecular complexity index is 655. The molecule has 2 aliphatic carbocycles.